The topological polar surface area (TPSA) is 221 Å². The smallest absolute Gasteiger partial charge is 0.310 e. The summed E-state index contributed by atoms with van der Waals surface area (Å²) < 4.78 is 40.1. The van der Waals surface area contributed by atoms with Crippen LogP contribution in [0.25, 0.3) is 0 Å². The molecule has 0 spiro atoms. The van der Waals surface area contributed by atoms with Crippen molar-refractivity contribution < 1.29 is 76.6 Å². The third-order valence-corrected chi connectivity index (χ3v) is 17.4. The molecule has 16 heteroatoms. The first-order valence-corrected chi connectivity index (χ1v) is 34.2. The first-order valence-electron chi connectivity index (χ1n) is 34.2. The molecule has 0 aliphatic carbocycles. The van der Waals surface area contributed by atoms with Crippen LogP contribution in [0.1, 0.15) is 187 Å². The lowest BCUT2D eigenvalue weighted by Gasteiger charge is -2.26. The van der Waals surface area contributed by atoms with Crippen molar-refractivity contribution in [2.75, 3.05) is 6.61 Å². The van der Waals surface area contributed by atoms with Crippen LogP contribution in [0.5, 0.6) is 0 Å². The number of unbranched alkanes of at least 4 members (excludes halogenated alkanes) is 2. The molecule has 11 atom stereocenters. The summed E-state index contributed by atoms with van der Waals surface area (Å²) >= 11 is 0. The second kappa shape index (κ2) is 43.2. The third kappa shape index (κ3) is 31.4. The van der Waals surface area contributed by atoms with Gasteiger partial charge < -0.3 is 38.3 Å². The Balaban J connectivity index is 1.18. The van der Waals surface area contributed by atoms with Crippen molar-refractivity contribution in [2.24, 2.45) is 47.3 Å². The highest BCUT2D eigenvalue weighted by atomic mass is 16.6. The Labute approximate surface area is 563 Å². The van der Waals surface area contributed by atoms with Crippen molar-refractivity contribution >= 4 is 47.6 Å². The van der Waals surface area contributed by atoms with E-state index in [1.54, 1.807) is 26.0 Å². The molecule has 4 aromatic carbocycles. The van der Waals surface area contributed by atoms with Crippen LogP contribution >= 0.6 is 0 Å². The van der Waals surface area contributed by atoms with Gasteiger partial charge in [0.05, 0.1) is 55.6 Å². The van der Waals surface area contributed by atoms with Gasteiger partial charge in [0.25, 0.3) is 0 Å². The highest BCUT2D eigenvalue weighted by Gasteiger charge is 2.32. The van der Waals surface area contributed by atoms with E-state index in [0.29, 0.717) is 64.2 Å². The molecule has 5 rings (SSSR count). The van der Waals surface area contributed by atoms with E-state index >= 15 is 0 Å². The lowest BCUT2D eigenvalue weighted by atomic mass is 9.86. The minimum absolute atomic E-state index is 0.0121. The molecular formula is C79H104O16. The molecule has 95 heavy (non-hydrogen) atoms. The van der Waals surface area contributed by atoms with Gasteiger partial charge in [0, 0.05) is 18.3 Å². The Morgan fingerprint density at radius 2 is 1.18 bits per heavy atom. The van der Waals surface area contributed by atoms with Crippen molar-refractivity contribution in [1.82, 2.24) is 0 Å². The van der Waals surface area contributed by atoms with Gasteiger partial charge in [0.2, 0.25) is 0 Å². The number of carbonyl (C=O) groups excluding carboxylic acids is 8. The third-order valence-electron chi connectivity index (χ3n) is 17.4. The van der Waals surface area contributed by atoms with Crippen molar-refractivity contribution in [3.8, 4) is 0 Å². The predicted molar refractivity (Wildman–Crippen MR) is 364 cm³/mol. The summed E-state index contributed by atoms with van der Waals surface area (Å²) in [5.41, 5.74) is 4.94. The van der Waals surface area contributed by atoms with Crippen LogP contribution in [0.15, 0.2) is 157 Å². The predicted octanol–water partition coefficient (Wildman–Crippen LogP) is 15.4. The molecular weight excluding hydrogens is 1200 g/mol. The number of allylic oxidation sites excluding steroid dienone is 4. The number of carbonyl (C=O) groups is 8. The zero-order chi connectivity index (χ0) is 68.9. The zero-order valence-electron chi connectivity index (χ0n) is 57.3. The molecule has 1 aliphatic rings. The molecule has 0 fully saturated rings. The minimum Gasteiger partial charge on any atom is -0.463 e. The van der Waals surface area contributed by atoms with Gasteiger partial charge in [-0.3, -0.25) is 38.4 Å². The second-order valence-corrected chi connectivity index (χ2v) is 26.1. The lowest BCUT2D eigenvalue weighted by molar-refractivity contribution is -0.162. The molecule has 1 heterocycles. The molecule has 0 bridgehead atoms. The van der Waals surface area contributed by atoms with Gasteiger partial charge in [-0.15, -0.1) is 0 Å². The van der Waals surface area contributed by atoms with E-state index < -0.39 is 90.6 Å². The number of hydrogen-bond donors (Lipinski definition) is 1. The molecule has 0 saturated heterocycles. The normalized spacial score (nSPS) is 21.3. The zero-order valence-corrected chi connectivity index (χ0v) is 57.3. The Kier molecular flexibility index (Phi) is 35.3. The quantitative estimate of drug-likeness (QED) is 0.0208. The summed E-state index contributed by atoms with van der Waals surface area (Å²) in [6.07, 6.45) is 12.1. The second-order valence-electron chi connectivity index (χ2n) is 26.1. The van der Waals surface area contributed by atoms with E-state index in [9.17, 15) is 43.5 Å². The van der Waals surface area contributed by atoms with Gasteiger partial charge in [0.15, 0.2) is 0 Å². The van der Waals surface area contributed by atoms with Crippen LogP contribution in [0, 0.1) is 47.3 Å². The summed E-state index contributed by atoms with van der Waals surface area (Å²) in [4.78, 5) is 108. The van der Waals surface area contributed by atoms with Gasteiger partial charge >= 0.3 is 41.8 Å². The van der Waals surface area contributed by atoms with Gasteiger partial charge in [-0.25, -0.2) is 0 Å². The Hall–Kier alpha value is -7.98. The molecule has 4 aromatic rings. The molecule has 11 unspecified atom stereocenters. The molecule has 0 amide bonds. The number of aliphatic hydroxyl groups excluding tert-OH is 1. The van der Waals surface area contributed by atoms with Crippen molar-refractivity contribution in [3.63, 3.8) is 0 Å². The number of rotatable bonds is 32. The summed E-state index contributed by atoms with van der Waals surface area (Å²) in [7, 11) is 0. The fourth-order valence-corrected chi connectivity index (χ4v) is 11.7. The van der Waals surface area contributed by atoms with E-state index in [1.807, 2.05) is 143 Å². The summed E-state index contributed by atoms with van der Waals surface area (Å²) in [6, 6.07) is 36.8. The number of ketones is 1. The Morgan fingerprint density at radius 1 is 0.632 bits per heavy atom. The molecule has 0 aromatic heterocycles. The average molecular weight is 1310 g/mol. The van der Waals surface area contributed by atoms with Gasteiger partial charge in [-0.1, -0.05) is 193 Å². The summed E-state index contributed by atoms with van der Waals surface area (Å²) in [5, 5.41) is 11.7. The molecule has 1 N–H and O–H groups in total. The van der Waals surface area contributed by atoms with E-state index in [-0.39, 0.29) is 87.7 Å². The fourth-order valence-electron chi connectivity index (χ4n) is 11.7. The van der Waals surface area contributed by atoms with E-state index in [2.05, 4.69) is 32.1 Å². The van der Waals surface area contributed by atoms with Crippen LogP contribution in [0.4, 0.5) is 0 Å². The summed E-state index contributed by atoms with van der Waals surface area (Å²) in [5.74, 6) is -7.90. The number of Topliss-reactive ketones (excluding diaryl/α,β-unsaturated/α-hetero) is 1. The van der Waals surface area contributed by atoms with Crippen LogP contribution in [-0.4, -0.2) is 77.6 Å². The van der Waals surface area contributed by atoms with Crippen molar-refractivity contribution in [1.29, 1.82) is 0 Å². The van der Waals surface area contributed by atoms with Crippen LogP contribution in [0.3, 0.4) is 0 Å². The number of aliphatic hydroxyl groups is 1. The lowest BCUT2D eigenvalue weighted by Crippen LogP contribution is -2.29. The van der Waals surface area contributed by atoms with Gasteiger partial charge in [-0.2, -0.15) is 0 Å². The molecule has 16 nitrogen and oxygen atoms in total. The Bertz CT molecular complexity index is 3070. The Morgan fingerprint density at radius 3 is 1.77 bits per heavy atom. The highest BCUT2D eigenvalue weighted by Crippen LogP contribution is 2.29. The van der Waals surface area contributed by atoms with E-state index in [1.165, 1.54) is 0 Å². The van der Waals surface area contributed by atoms with Crippen molar-refractivity contribution in [3.05, 3.63) is 179 Å². The number of cyclic esters (lactones) is 2. The van der Waals surface area contributed by atoms with Crippen molar-refractivity contribution in [2.45, 2.75) is 209 Å². The monoisotopic (exact) mass is 1310 g/mol. The number of esters is 7. The van der Waals surface area contributed by atoms with Gasteiger partial charge in [-0.05, 0) is 136 Å². The van der Waals surface area contributed by atoms with E-state index in [0.717, 1.165) is 46.2 Å². The number of benzene rings is 4. The van der Waals surface area contributed by atoms with Gasteiger partial charge in [0.1, 0.15) is 44.9 Å². The van der Waals surface area contributed by atoms with Crippen LogP contribution in [-0.2, 0) is 97.9 Å². The first-order chi connectivity index (χ1) is 45.6. The minimum atomic E-state index is -1.22. The number of hydrogen-bond acceptors (Lipinski definition) is 16. The van der Waals surface area contributed by atoms with E-state index in [4.69, 9.17) is 33.2 Å². The standard InChI is InChI=1S/C79H104O16/c1-9-67(45-60(7)77(86)91-51-63-29-19-13-20-30-63)71(80)41-39-66-44-57(4)42-56(3)43-59(6)76(85)58(5)37-40-70(95-75(84)49-69(47-73(82)90-54-66)79(88)93-53-65-33-23-15-24-34-65)35-25-11-10-16-26-55(2)36-38-61(8)94-74(83)48-68(78(87)92-52-64-31-21-14-22-32-64)46-72(81)89-50-62-27-17-12-18-28-62/h12-24,26-34,43-44,55,57-61,67-70,76,85H,9-11,25,35-42,45-54H2,1-8H3/b26-16+,56-43+,66-44-. The maximum absolute atomic E-state index is 14.1. The maximum Gasteiger partial charge on any atom is 0.310 e. The maximum atomic E-state index is 14.1. The number of ether oxygens (including phenoxy) is 7. The molecule has 0 radical (unpaired) electrons. The SMILES string of the molecule is CCC(CC(C)C(=O)OCc1ccccc1)C(=O)CC/C1=C/C(C)C/C(C)=C/C(C)C(O)C(C)CCC(CCCC/C=C/C(C)CCC(C)OC(=O)CC(CC(=O)OCc2ccccc2)C(=O)OCc2ccccc2)OC(=O)CC(C(=O)OCc2ccccc2)CC(=O)OC1. The molecule has 1 aliphatic heterocycles. The average Bonchev–Trinajstić information content (AvgIpc) is 3.02. The first kappa shape index (κ1) is 77.7. The molecule has 0 saturated carbocycles. The van der Waals surface area contributed by atoms with Crippen LogP contribution < -0.4 is 0 Å². The summed E-state index contributed by atoms with van der Waals surface area (Å²) in [6.45, 7) is 15.6. The highest BCUT2D eigenvalue weighted by molar-refractivity contribution is 5.86. The fraction of sp³-hybridized carbons (Fsp3) is 0.519. The molecule has 516 valence electrons. The largest absolute Gasteiger partial charge is 0.463 e. The van der Waals surface area contributed by atoms with Crippen LogP contribution in [0.2, 0.25) is 0 Å².